The summed E-state index contributed by atoms with van der Waals surface area (Å²) in [6.45, 7) is 11.9. The van der Waals surface area contributed by atoms with Gasteiger partial charge in [-0.1, -0.05) is 50.1 Å². The number of likely N-dealkylation sites (tertiary alicyclic amines) is 1. The van der Waals surface area contributed by atoms with Crippen LogP contribution in [0.3, 0.4) is 0 Å². The molecular weight excluding hydrogens is 302 g/mol. The van der Waals surface area contributed by atoms with Gasteiger partial charge in [0.1, 0.15) is 12.5 Å². The molecule has 136 valence electrons. The molecule has 1 aromatic rings. The van der Waals surface area contributed by atoms with E-state index in [4.69, 9.17) is 14.3 Å². The monoisotopic (exact) mass is 335 g/mol. The average Bonchev–Trinajstić information content (AvgIpc) is 2.61. The molecule has 2 rings (SSSR count). The molecule has 0 aromatic heterocycles. The van der Waals surface area contributed by atoms with E-state index in [9.17, 15) is 0 Å². The number of ether oxygens (including phenoxy) is 2. The van der Waals surface area contributed by atoms with Crippen molar-refractivity contribution in [3.8, 4) is 5.75 Å². The van der Waals surface area contributed by atoms with Gasteiger partial charge in [-0.25, -0.2) is 0 Å². The predicted octanol–water partition coefficient (Wildman–Crippen LogP) is 4.40. The molecule has 4 heteroatoms. The van der Waals surface area contributed by atoms with E-state index in [-0.39, 0.29) is 0 Å². The standard InChI is InChI=1S/C16H23NO2.C3H8.CH2O/c1-3-19-16-7-5-4-6-15(16)12-14-8-10-17(11-9-14)13-18-2;1-3-2;1-2/h4-7,12H,3,8-11,13H2,1-2H3;3H2,1-2H3;1H2. The van der Waals surface area contributed by atoms with Crippen LogP contribution in [0.25, 0.3) is 6.08 Å². The van der Waals surface area contributed by atoms with Crippen molar-refractivity contribution in [1.82, 2.24) is 4.90 Å². The van der Waals surface area contributed by atoms with Crippen molar-refractivity contribution >= 4 is 12.9 Å². The molecule has 0 spiro atoms. The highest BCUT2D eigenvalue weighted by Gasteiger charge is 2.13. The van der Waals surface area contributed by atoms with E-state index >= 15 is 0 Å². The van der Waals surface area contributed by atoms with Crippen molar-refractivity contribution in [3.05, 3.63) is 35.4 Å². The highest BCUT2D eigenvalue weighted by atomic mass is 16.5. The minimum absolute atomic E-state index is 0.710. The second-order valence-corrected chi connectivity index (χ2v) is 5.52. The van der Waals surface area contributed by atoms with Gasteiger partial charge in [0, 0.05) is 25.8 Å². The van der Waals surface area contributed by atoms with Crippen LogP contribution in [0, 0.1) is 0 Å². The summed E-state index contributed by atoms with van der Waals surface area (Å²) in [7, 11) is 1.75. The van der Waals surface area contributed by atoms with Crippen LogP contribution in [-0.2, 0) is 9.53 Å². The molecule has 24 heavy (non-hydrogen) atoms. The minimum atomic E-state index is 0.710. The quantitative estimate of drug-likeness (QED) is 0.799. The number of hydrogen-bond donors (Lipinski definition) is 0. The van der Waals surface area contributed by atoms with Gasteiger partial charge in [-0.2, -0.15) is 0 Å². The normalized spacial score (nSPS) is 13.9. The second kappa shape index (κ2) is 14.9. The first-order valence-electron chi connectivity index (χ1n) is 8.66. The number of carbonyl (C=O) groups excluding carboxylic acids is 1. The van der Waals surface area contributed by atoms with Crippen LogP contribution in [0.1, 0.15) is 45.6 Å². The van der Waals surface area contributed by atoms with Gasteiger partial charge in [-0.05, 0) is 25.8 Å². The summed E-state index contributed by atoms with van der Waals surface area (Å²) in [6.07, 6.45) is 5.77. The molecule has 0 N–H and O–H groups in total. The van der Waals surface area contributed by atoms with E-state index in [0.717, 1.165) is 38.4 Å². The van der Waals surface area contributed by atoms with Crippen LogP contribution in [0.2, 0.25) is 0 Å². The number of rotatable bonds is 5. The Hall–Kier alpha value is -1.65. The number of piperidine rings is 1. The summed E-state index contributed by atoms with van der Waals surface area (Å²) < 4.78 is 10.8. The van der Waals surface area contributed by atoms with Gasteiger partial charge >= 0.3 is 0 Å². The summed E-state index contributed by atoms with van der Waals surface area (Å²) >= 11 is 0. The highest BCUT2D eigenvalue weighted by Crippen LogP contribution is 2.25. The Morgan fingerprint density at radius 3 is 2.25 bits per heavy atom. The van der Waals surface area contributed by atoms with E-state index < -0.39 is 0 Å². The second-order valence-electron chi connectivity index (χ2n) is 5.52. The van der Waals surface area contributed by atoms with Crippen LogP contribution < -0.4 is 4.74 Å². The lowest BCUT2D eigenvalue weighted by atomic mass is 10.0. The van der Waals surface area contributed by atoms with E-state index in [2.05, 4.69) is 37.0 Å². The Morgan fingerprint density at radius 1 is 1.12 bits per heavy atom. The lowest BCUT2D eigenvalue weighted by Crippen LogP contribution is -2.32. The molecule has 0 aliphatic carbocycles. The molecular formula is C20H33NO3. The van der Waals surface area contributed by atoms with Crippen molar-refractivity contribution in [2.75, 3.05) is 33.5 Å². The number of benzene rings is 1. The van der Waals surface area contributed by atoms with Crippen LogP contribution in [0.4, 0.5) is 0 Å². The SMILES string of the molecule is C=O.CCC.CCOc1ccccc1C=C1CCN(COC)CC1. The molecule has 4 nitrogen and oxygen atoms in total. The van der Waals surface area contributed by atoms with E-state index in [0.29, 0.717) is 6.61 Å². The molecule has 0 bridgehead atoms. The Morgan fingerprint density at radius 2 is 1.71 bits per heavy atom. The van der Waals surface area contributed by atoms with Crippen LogP contribution in [0.5, 0.6) is 5.75 Å². The number of methoxy groups -OCH3 is 1. The fourth-order valence-electron chi connectivity index (χ4n) is 2.40. The maximum absolute atomic E-state index is 8.00. The molecule has 0 unspecified atom stereocenters. The lowest BCUT2D eigenvalue weighted by Gasteiger charge is -2.27. The van der Waals surface area contributed by atoms with Gasteiger partial charge in [-0.15, -0.1) is 0 Å². The minimum Gasteiger partial charge on any atom is -0.493 e. The lowest BCUT2D eigenvalue weighted by molar-refractivity contribution is -0.0979. The first kappa shape index (κ1) is 22.4. The molecule has 1 heterocycles. The van der Waals surface area contributed by atoms with Crippen molar-refractivity contribution in [2.24, 2.45) is 0 Å². The van der Waals surface area contributed by atoms with E-state index in [1.54, 1.807) is 7.11 Å². The molecule has 0 amide bonds. The maximum atomic E-state index is 8.00. The van der Waals surface area contributed by atoms with Crippen LogP contribution in [0.15, 0.2) is 29.8 Å². The topological polar surface area (TPSA) is 38.8 Å². The van der Waals surface area contributed by atoms with Crippen LogP contribution >= 0.6 is 0 Å². The van der Waals surface area contributed by atoms with Crippen molar-refractivity contribution in [2.45, 2.75) is 40.0 Å². The third kappa shape index (κ3) is 8.85. The van der Waals surface area contributed by atoms with E-state index in [1.165, 1.54) is 17.6 Å². The van der Waals surface area contributed by atoms with Gasteiger partial charge < -0.3 is 14.3 Å². The summed E-state index contributed by atoms with van der Waals surface area (Å²) in [5.74, 6) is 0.983. The summed E-state index contributed by atoms with van der Waals surface area (Å²) in [4.78, 5) is 10.3. The van der Waals surface area contributed by atoms with Gasteiger partial charge in [0.05, 0.1) is 13.3 Å². The average molecular weight is 335 g/mol. The first-order chi connectivity index (χ1) is 11.7. The van der Waals surface area contributed by atoms with Crippen molar-refractivity contribution in [3.63, 3.8) is 0 Å². The highest BCUT2D eigenvalue weighted by molar-refractivity contribution is 5.60. The van der Waals surface area contributed by atoms with Gasteiger partial charge in [0.2, 0.25) is 0 Å². The summed E-state index contributed by atoms with van der Waals surface area (Å²) in [5.41, 5.74) is 2.69. The molecule has 1 aliphatic heterocycles. The predicted molar refractivity (Wildman–Crippen MR) is 101 cm³/mol. The first-order valence-corrected chi connectivity index (χ1v) is 8.66. The number of hydrogen-bond acceptors (Lipinski definition) is 4. The Labute approximate surface area is 147 Å². The summed E-state index contributed by atoms with van der Waals surface area (Å²) in [5, 5.41) is 0. The molecule has 1 fully saturated rings. The van der Waals surface area contributed by atoms with Crippen LogP contribution in [-0.4, -0.2) is 45.2 Å². The number of nitrogens with zero attached hydrogens (tertiary/aromatic N) is 1. The fraction of sp³-hybridized carbons (Fsp3) is 0.550. The molecule has 1 saturated heterocycles. The van der Waals surface area contributed by atoms with E-state index in [1.807, 2.05) is 25.8 Å². The van der Waals surface area contributed by atoms with Gasteiger partial charge in [-0.3, -0.25) is 4.90 Å². The molecule has 1 aromatic carbocycles. The zero-order valence-electron chi connectivity index (χ0n) is 15.7. The maximum Gasteiger partial charge on any atom is 0.126 e. The molecule has 0 atom stereocenters. The Balaban J connectivity index is 0.000000952. The summed E-state index contributed by atoms with van der Waals surface area (Å²) in [6, 6.07) is 8.25. The largest absolute Gasteiger partial charge is 0.493 e. The van der Waals surface area contributed by atoms with Crippen molar-refractivity contribution in [1.29, 1.82) is 0 Å². The Kier molecular flexibility index (Phi) is 13.9. The number of carbonyl (C=O) groups is 1. The zero-order valence-corrected chi connectivity index (χ0v) is 15.7. The fourth-order valence-corrected chi connectivity index (χ4v) is 2.40. The third-order valence-corrected chi connectivity index (χ3v) is 3.39. The van der Waals surface area contributed by atoms with Crippen molar-refractivity contribution < 1.29 is 14.3 Å². The van der Waals surface area contributed by atoms with Gasteiger partial charge in [0.25, 0.3) is 0 Å². The van der Waals surface area contributed by atoms with Gasteiger partial charge in [0.15, 0.2) is 0 Å². The third-order valence-electron chi connectivity index (χ3n) is 3.39. The molecule has 1 aliphatic rings. The Bertz CT molecular complexity index is 450. The molecule has 0 radical (unpaired) electrons. The number of para-hydroxylation sites is 1. The smallest absolute Gasteiger partial charge is 0.126 e. The molecule has 0 saturated carbocycles. The zero-order chi connectivity index (χ0) is 18.2.